The third-order valence-corrected chi connectivity index (χ3v) is 6.32. The van der Waals surface area contributed by atoms with Crippen molar-refractivity contribution in [2.75, 3.05) is 13.1 Å². The van der Waals surface area contributed by atoms with Crippen LogP contribution < -0.4 is 0 Å². The summed E-state index contributed by atoms with van der Waals surface area (Å²) in [6.07, 6.45) is 6.41. The molecule has 0 spiro atoms. The molecule has 4 rings (SSSR count). The van der Waals surface area contributed by atoms with Crippen molar-refractivity contribution < 1.29 is 14.7 Å². The summed E-state index contributed by atoms with van der Waals surface area (Å²) in [5, 5.41) is 9.64. The second-order valence-electron chi connectivity index (χ2n) is 7.49. The molecule has 3 aliphatic rings. The van der Waals surface area contributed by atoms with E-state index < -0.39 is 11.4 Å². The molecule has 1 aromatic rings. The van der Waals surface area contributed by atoms with Crippen LogP contribution in [-0.2, 0) is 4.79 Å². The SMILES string of the molecule is O=C(c1ccc(C2CCC2)cc1)N1C[C@@H]2CCC[C@@]2(C(=O)O)C1. The zero-order valence-electron chi connectivity index (χ0n) is 13.3. The van der Waals surface area contributed by atoms with E-state index in [9.17, 15) is 14.7 Å². The molecule has 2 aliphatic carbocycles. The first-order valence-corrected chi connectivity index (χ1v) is 8.73. The number of carboxylic acids is 1. The Morgan fingerprint density at radius 2 is 1.83 bits per heavy atom. The molecule has 0 bridgehead atoms. The molecule has 1 amide bonds. The lowest BCUT2D eigenvalue weighted by Gasteiger charge is -2.26. The predicted molar refractivity (Wildman–Crippen MR) is 86.3 cm³/mol. The first kappa shape index (κ1) is 14.7. The Morgan fingerprint density at radius 3 is 2.39 bits per heavy atom. The van der Waals surface area contributed by atoms with E-state index in [0.29, 0.717) is 31.0 Å². The molecule has 4 nitrogen and oxygen atoms in total. The molecule has 122 valence electrons. The average molecular weight is 313 g/mol. The quantitative estimate of drug-likeness (QED) is 0.931. The lowest BCUT2D eigenvalue weighted by Crippen LogP contribution is -2.37. The summed E-state index contributed by atoms with van der Waals surface area (Å²) in [6, 6.07) is 7.97. The molecule has 23 heavy (non-hydrogen) atoms. The molecule has 2 saturated carbocycles. The van der Waals surface area contributed by atoms with Gasteiger partial charge in [-0.15, -0.1) is 0 Å². The van der Waals surface area contributed by atoms with Crippen molar-refractivity contribution in [3.05, 3.63) is 35.4 Å². The number of carbonyl (C=O) groups excluding carboxylic acids is 1. The normalized spacial score (nSPS) is 30.1. The lowest BCUT2D eigenvalue weighted by atomic mass is 9.80. The molecular weight excluding hydrogens is 290 g/mol. The van der Waals surface area contributed by atoms with Crippen molar-refractivity contribution >= 4 is 11.9 Å². The van der Waals surface area contributed by atoms with Gasteiger partial charge in [-0.25, -0.2) is 0 Å². The van der Waals surface area contributed by atoms with Crippen LogP contribution in [0.15, 0.2) is 24.3 Å². The minimum atomic E-state index is -0.726. The Labute approximate surface area is 136 Å². The van der Waals surface area contributed by atoms with Crippen LogP contribution in [0.5, 0.6) is 0 Å². The molecule has 2 atom stereocenters. The first-order chi connectivity index (χ1) is 11.1. The highest BCUT2D eigenvalue weighted by Crippen LogP contribution is 2.49. The summed E-state index contributed by atoms with van der Waals surface area (Å²) in [4.78, 5) is 26.2. The monoisotopic (exact) mass is 313 g/mol. The van der Waals surface area contributed by atoms with E-state index in [0.717, 1.165) is 12.8 Å². The van der Waals surface area contributed by atoms with E-state index in [-0.39, 0.29) is 11.8 Å². The standard InChI is InChI=1S/C19H23NO3/c21-17(15-8-6-14(7-9-15)13-3-1-4-13)20-11-16-5-2-10-19(16,12-20)18(22)23/h6-9,13,16H,1-5,10-12H2,(H,22,23)/t16-,19+/m0/s1. The maximum Gasteiger partial charge on any atom is 0.311 e. The Hall–Kier alpha value is -1.84. The molecule has 0 radical (unpaired) electrons. The maximum absolute atomic E-state index is 12.7. The van der Waals surface area contributed by atoms with Gasteiger partial charge in [-0.2, -0.15) is 0 Å². The number of rotatable bonds is 3. The second kappa shape index (κ2) is 5.36. The Kier molecular flexibility index (Phi) is 3.43. The van der Waals surface area contributed by atoms with Gasteiger partial charge in [-0.05, 0) is 55.2 Å². The van der Waals surface area contributed by atoms with Crippen molar-refractivity contribution in [3.63, 3.8) is 0 Å². The summed E-state index contributed by atoms with van der Waals surface area (Å²) in [6.45, 7) is 0.964. The van der Waals surface area contributed by atoms with E-state index in [1.807, 2.05) is 12.1 Å². The minimum absolute atomic E-state index is 0.0137. The Morgan fingerprint density at radius 1 is 1.09 bits per heavy atom. The van der Waals surface area contributed by atoms with E-state index in [4.69, 9.17) is 0 Å². The summed E-state index contributed by atoms with van der Waals surface area (Å²) in [5.41, 5.74) is 1.32. The number of hydrogen-bond acceptors (Lipinski definition) is 2. The molecular formula is C19H23NO3. The fourth-order valence-corrected chi connectivity index (χ4v) is 4.62. The van der Waals surface area contributed by atoms with Gasteiger partial charge in [-0.1, -0.05) is 25.0 Å². The van der Waals surface area contributed by atoms with Crippen molar-refractivity contribution in [3.8, 4) is 0 Å². The van der Waals surface area contributed by atoms with Gasteiger partial charge in [0.2, 0.25) is 0 Å². The molecule has 1 aliphatic heterocycles. The van der Waals surface area contributed by atoms with E-state index >= 15 is 0 Å². The van der Waals surface area contributed by atoms with Crippen LogP contribution in [0.4, 0.5) is 0 Å². The molecule has 1 heterocycles. The van der Waals surface area contributed by atoms with E-state index in [1.54, 1.807) is 4.90 Å². The number of carbonyl (C=O) groups is 2. The lowest BCUT2D eigenvalue weighted by molar-refractivity contribution is -0.149. The smallest absolute Gasteiger partial charge is 0.311 e. The van der Waals surface area contributed by atoms with Gasteiger partial charge in [0.25, 0.3) is 5.91 Å². The summed E-state index contributed by atoms with van der Waals surface area (Å²) in [7, 11) is 0. The van der Waals surface area contributed by atoms with E-state index in [1.165, 1.54) is 24.8 Å². The summed E-state index contributed by atoms with van der Waals surface area (Å²) >= 11 is 0. The number of fused-ring (bicyclic) bond motifs is 1. The number of hydrogen-bond donors (Lipinski definition) is 1. The van der Waals surface area contributed by atoms with Crippen LogP contribution in [0.2, 0.25) is 0 Å². The third-order valence-electron chi connectivity index (χ3n) is 6.32. The first-order valence-electron chi connectivity index (χ1n) is 8.73. The van der Waals surface area contributed by atoms with Crippen LogP contribution in [0.3, 0.4) is 0 Å². The Bertz CT molecular complexity index is 635. The minimum Gasteiger partial charge on any atom is -0.481 e. The number of aliphatic carboxylic acids is 1. The highest BCUT2D eigenvalue weighted by atomic mass is 16.4. The van der Waals surface area contributed by atoms with Crippen molar-refractivity contribution in [2.45, 2.75) is 44.4 Å². The molecule has 4 heteroatoms. The Balaban J connectivity index is 1.50. The predicted octanol–water partition coefficient (Wildman–Crippen LogP) is 3.28. The number of carboxylic acid groups (broad SMARTS) is 1. The largest absolute Gasteiger partial charge is 0.481 e. The van der Waals surface area contributed by atoms with Crippen LogP contribution >= 0.6 is 0 Å². The van der Waals surface area contributed by atoms with Gasteiger partial charge in [0.1, 0.15) is 0 Å². The molecule has 1 aromatic carbocycles. The molecule has 0 unspecified atom stereocenters. The van der Waals surface area contributed by atoms with Gasteiger partial charge in [0.15, 0.2) is 0 Å². The number of likely N-dealkylation sites (tertiary alicyclic amines) is 1. The molecule has 3 fully saturated rings. The van der Waals surface area contributed by atoms with Crippen LogP contribution in [0.25, 0.3) is 0 Å². The average Bonchev–Trinajstić information content (AvgIpc) is 3.03. The number of benzene rings is 1. The van der Waals surface area contributed by atoms with Gasteiger partial charge in [0, 0.05) is 18.7 Å². The number of amides is 1. The molecule has 0 aromatic heterocycles. The summed E-state index contributed by atoms with van der Waals surface area (Å²) in [5.74, 6) is 0.0505. The van der Waals surface area contributed by atoms with Crippen LogP contribution in [0.1, 0.15) is 60.4 Å². The molecule has 1 saturated heterocycles. The highest BCUT2D eigenvalue weighted by Gasteiger charge is 2.55. The van der Waals surface area contributed by atoms with Gasteiger partial charge in [0.05, 0.1) is 5.41 Å². The van der Waals surface area contributed by atoms with Gasteiger partial charge in [-0.3, -0.25) is 9.59 Å². The van der Waals surface area contributed by atoms with Crippen LogP contribution in [-0.4, -0.2) is 35.0 Å². The van der Waals surface area contributed by atoms with Crippen molar-refractivity contribution in [1.82, 2.24) is 4.90 Å². The topological polar surface area (TPSA) is 57.6 Å². The van der Waals surface area contributed by atoms with E-state index in [2.05, 4.69) is 12.1 Å². The number of nitrogens with zero attached hydrogens (tertiary/aromatic N) is 1. The van der Waals surface area contributed by atoms with Crippen molar-refractivity contribution in [2.24, 2.45) is 11.3 Å². The van der Waals surface area contributed by atoms with Gasteiger partial charge >= 0.3 is 5.97 Å². The van der Waals surface area contributed by atoms with Crippen molar-refractivity contribution in [1.29, 1.82) is 0 Å². The highest BCUT2D eigenvalue weighted by molar-refractivity contribution is 5.95. The summed E-state index contributed by atoms with van der Waals surface area (Å²) < 4.78 is 0. The third kappa shape index (κ3) is 2.27. The maximum atomic E-state index is 12.7. The van der Waals surface area contributed by atoms with Gasteiger partial charge < -0.3 is 10.0 Å². The molecule has 1 N–H and O–H groups in total. The zero-order valence-corrected chi connectivity index (χ0v) is 13.3. The fourth-order valence-electron chi connectivity index (χ4n) is 4.62. The fraction of sp³-hybridized carbons (Fsp3) is 0.579. The van der Waals surface area contributed by atoms with Crippen LogP contribution in [0, 0.1) is 11.3 Å². The zero-order chi connectivity index (χ0) is 16.0. The second-order valence-corrected chi connectivity index (χ2v) is 7.49.